The maximum absolute atomic E-state index is 13.7. The van der Waals surface area contributed by atoms with Gasteiger partial charge in [0.25, 0.3) is 0 Å². The summed E-state index contributed by atoms with van der Waals surface area (Å²) in [5.41, 5.74) is 0.767. The standard InChI is InChI=1S/C12H14F2N2O/c1-16(2)6-5-7-10-9(15-12(7)14)4-3-8(13)11(10)17/h3-4,15,17H,5-6H2,1-2H3/p+1. The van der Waals surface area contributed by atoms with Gasteiger partial charge in [0.2, 0.25) is 0 Å². The number of H-pyrrole nitrogens is 1. The summed E-state index contributed by atoms with van der Waals surface area (Å²) in [6.07, 6.45) is 0.450. The highest BCUT2D eigenvalue weighted by molar-refractivity contribution is 5.89. The second kappa shape index (κ2) is 4.33. The normalized spacial score (nSPS) is 11.6. The molecule has 3 N–H and O–H groups in total. The number of phenols is 1. The molecule has 92 valence electrons. The first-order valence-corrected chi connectivity index (χ1v) is 5.47. The molecule has 0 fully saturated rings. The van der Waals surface area contributed by atoms with Crippen molar-refractivity contribution in [2.75, 3.05) is 20.6 Å². The molecule has 2 aromatic rings. The zero-order valence-electron chi connectivity index (χ0n) is 9.77. The highest BCUT2D eigenvalue weighted by atomic mass is 19.1. The van der Waals surface area contributed by atoms with Crippen molar-refractivity contribution in [3.8, 4) is 5.75 Å². The van der Waals surface area contributed by atoms with E-state index >= 15 is 0 Å². The zero-order chi connectivity index (χ0) is 12.6. The summed E-state index contributed by atoms with van der Waals surface area (Å²) in [5.74, 6) is -1.71. The van der Waals surface area contributed by atoms with E-state index in [9.17, 15) is 13.9 Å². The molecule has 1 heterocycles. The molecule has 5 heteroatoms. The fraction of sp³-hybridized carbons (Fsp3) is 0.333. The van der Waals surface area contributed by atoms with Gasteiger partial charge in [-0.25, -0.2) is 4.39 Å². The second-order valence-corrected chi connectivity index (χ2v) is 4.44. The molecular formula is C12H15F2N2O+. The number of fused-ring (bicyclic) bond motifs is 1. The minimum absolute atomic E-state index is 0.253. The van der Waals surface area contributed by atoms with Crippen LogP contribution in [0.5, 0.6) is 5.75 Å². The quantitative estimate of drug-likeness (QED) is 0.732. The van der Waals surface area contributed by atoms with Gasteiger partial charge in [0.1, 0.15) is 0 Å². The van der Waals surface area contributed by atoms with Gasteiger partial charge in [-0.3, -0.25) is 0 Å². The van der Waals surface area contributed by atoms with E-state index in [2.05, 4.69) is 4.98 Å². The highest BCUT2D eigenvalue weighted by Crippen LogP contribution is 2.32. The Morgan fingerprint density at radius 1 is 1.29 bits per heavy atom. The Balaban J connectivity index is 2.53. The molecule has 0 bridgehead atoms. The molecule has 0 saturated carbocycles. The summed E-state index contributed by atoms with van der Waals surface area (Å²) in [5, 5.41) is 9.90. The number of phenolic OH excluding ortho intramolecular Hbond substituents is 1. The Morgan fingerprint density at radius 2 is 2.00 bits per heavy atom. The van der Waals surface area contributed by atoms with Crippen LogP contribution in [0.2, 0.25) is 0 Å². The Bertz CT molecular complexity index is 549. The molecule has 0 atom stereocenters. The highest BCUT2D eigenvalue weighted by Gasteiger charge is 2.17. The van der Waals surface area contributed by atoms with Crippen LogP contribution in [-0.4, -0.2) is 30.7 Å². The van der Waals surface area contributed by atoms with Crippen molar-refractivity contribution in [2.45, 2.75) is 6.42 Å². The number of aromatic nitrogens is 1. The Morgan fingerprint density at radius 3 is 2.65 bits per heavy atom. The average molecular weight is 241 g/mol. The first-order valence-electron chi connectivity index (χ1n) is 5.47. The van der Waals surface area contributed by atoms with Gasteiger partial charge in [-0.15, -0.1) is 0 Å². The van der Waals surface area contributed by atoms with Crippen molar-refractivity contribution >= 4 is 10.9 Å². The van der Waals surface area contributed by atoms with Crippen molar-refractivity contribution < 1.29 is 18.8 Å². The molecule has 0 amide bonds. The van der Waals surface area contributed by atoms with Crippen molar-refractivity contribution in [3.05, 3.63) is 29.5 Å². The molecule has 0 unspecified atom stereocenters. The minimum atomic E-state index is -0.727. The molecule has 0 aliphatic rings. The van der Waals surface area contributed by atoms with Gasteiger partial charge in [-0.1, -0.05) is 0 Å². The third kappa shape index (κ3) is 2.10. The van der Waals surface area contributed by atoms with Crippen LogP contribution >= 0.6 is 0 Å². The monoisotopic (exact) mass is 241 g/mol. The SMILES string of the molecule is C[NH+](C)CCc1c(F)[nH]c2ccc(F)c(O)c12. The van der Waals surface area contributed by atoms with E-state index in [1.54, 1.807) is 0 Å². The average Bonchev–Trinajstić information content (AvgIpc) is 2.58. The molecule has 1 aromatic heterocycles. The molecule has 17 heavy (non-hydrogen) atoms. The molecule has 1 aromatic carbocycles. The van der Waals surface area contributed by atoms with E-state index in [-0.39, 0.29) is 5.39 Å². The van der Waals surface area contributed by atoms with Gasteiger partial charge in [0.05, 0.1) is 31.5 Å². The van der Waals surface area contributed by atoms with Crippen LogP contribution in [0, 0.1) is 11.8 Å². The van der Waals surface area contributed by atoms with Crippen LogP contribution in [-0.2, 0) is 6.42 Å². The first kappa shape index (κ1) is 11.9. The van der Waals surface area contributed by atoms with E-state index < -0.39 is 17.5 Å². The van der Waals surface area contributed by atoms with E-state index in [1.807, 2.05) is 14.1 Å². The summed E-state index contributed by atoms with van der Waals surface area (Å²) in [7, 11) is 3.90. The van der Waals surface area contributed by atoms with Crippen LogP contribution in [0.25, 0.3) is 10.9 Å². The number of benzene rings is 1. The number of rotatable bonds is 3. The number of likely N-dealkylation sites (N-methyl/N-ethyl adjacent to an activating group) is 1. The maximum atomic E-state index is 13.7. The fourth-order valence-electron chi connectivity index (χ4n) is 1.89. The first-order chi connectivity index (χ1) is 8.00. The zero-order valence-corrected chi connectivity index (χ0v) is 9.77. The number of hydrogen-bond donors (Lipinski definition) is 3. The summed E-state index contributed by atoms with van der Waals surface area (Å²) >= 11 is 0. The van der Waals surface area contributed by atoms with E-state index in [4.69, 9.17) is 0 Å². The minimum Gasteiger partial charge on any atom is -0.504 e. The largest absolute Gasteiger partial charge is 0.504 e. The smallest absolute Gasteiger partial charge is 0.195 e. The van der Waals surface area contributed by atoms with E-state index in [1.165, 1.54) is 6.07 Å². The van der Waals surface area contributed by atoms with Crippen molar-refractivity contribution in [1.82, 2.24) is 4.98 Å². The van der Waals surface area contributed by atoms with E-state index in [0.29, 0.717) is 24.0 Å². The van der Waals surface area contributed by atoms with Gasteiger partial charge in [0.15, 0.2) is 17.5 Å². The summed E-state index contributed by atoms with van der Waals surface area (Å²) in [6, 6.07) is 2.55. The number of hydrogen-bond acceptors (Lipinski definition) is 1. The van der Waals surface area contributed by atoms with Crippen LogP contribution in [0.1, 0.15) is 5.56 Å². The fourth-order valence-corrected chi connectivity index (χ4v) is 1.89. The molecule has 0 aliphatic carbocycles. The maximum Gasteiger partial charge on any atom is 0.195 e. The molecular weight excluding hydrogens is 226 g/mol. The number of halogens is 2. The predicted octanol–water partition coefficient (Wildman–Crippen LogP) is 0.839. The molecule has 0 spiro atoms. The lowest BCUT2D eigenvalue weighted by Gasteiger charge is -2.06. The topological polar surface area (TPSA) is 40.5 Å². The molecule has 0 radical (unpaired) electrons. The van der Waals surface area contributed by atoms with Crippen LogP contribution in [0.3, 0.4) is 0 Å². The Hall–Kier alpha value is -1.62. The molecule has 0 aliphatic heterocycles. The van der Waals surface area contributed by atoms with Gasteiger partial charge in [-0.05, 0) is 12.1 Å². The van der Waals surface area contributed by atoms with Gasteiger partial charge >= 0.3 is 0 Å². The van der Waals surface area contributed by atoms with E-state index in [0.717, 1.165) is 11.0 Å². The van der Waals surface area contributed by atoms with Gasteiger partial charge < -0.3 is 15.0 Å². The lowest BCUT2D eigenvalue weighted by Crippen LogP contribution is -3.06. The number of nitrogens with one attached hydrogen (secondary N) is 2. The number of quaternary nitrogens is 1. The third-order valence-electron chi connectivity index (χ3n) is 2.81. The molecule has 2 rings (SSSR count). The Labute approximate surface area is 97.7 Å². The summed E-state index contributed by atoms with van der Waals surface area (Å²) < 4.78 is 26.9. The lowest BCUT2D eigenvalue weighted by atomic mass is 10.1. The van der Waals surface area contributed by atoms with Crippen LogP contribution < -0.4 is 4.90 Å². The van der Waals surface area contributed by atoms with Gasteiger partial charge in [0, 0.05) is 12.0 Å². The van der Waals surface area contributed by atoms with Crippen LogP contribution in [0.15, 0.2) is 12.1 Å². The molecule has 0 saturated heterocycles. The lowest BCUT2D eigenvalue weighted by molar-refractivity contribution is -0.858. The second-order valence-electron chi connectivity index (χ2n) is 4.44. The number of aromatic amines is 1. The third-order valence-corrected chi connectivity index (χ3v) is 2.81. The van der Waals surface area contributed by atoms with Gasteiger partial charge in [-0.2, -0.15) is 4.39 Å². The van der Waals surface area contributed by atoms with Crippen molar-refractivity contribution in [2.24, 2.45) is 0 Å². The summed E-state index contributed by atoms with van der Waals surface area (Å²) in [6.45, 7) is 0.708. The van der Waals surface area contributed by atoms with Crippen LogP contribution in [0.4, 0.5) is 8.78 Å². The van der Waals surface area contributed by atoms with Crippen molar-refractivity contribution in [1.29, 1.82) is 0 Å². The number of aromatic hydroxyl groups is 1. The van der Waals surface area contributed by atoms with Crippen molar-refractivity contribution in [3.63, 3.8) is 0 Å². The predicted molar refractivity (Wildman–Crippen MR) is 61.3 cm³/mol. The Kier molecular flexibility index (Phi) is 3.02. The summed E-state index contributed by atoms with van der Waals surface area (Å²) in [4.78, 5) is 3.68. The molecule has 3 nitrogen and oxygen atoms in total.